The molecule has 4 saturated carbocycles. The van der Waals surface area contributed by atoms with Crippen LogP contribution in [0, 0.1) is 0 Å². The Morgan fingerprint density at radius 1 is 1.13 bits per heavy atom. The van der Waals surface area contributed by atoms with Crippen molar-refractivity contribution in [3.8, 4) is 0 Å². The van der Waals surface area contributed by atoms with Gasteiger partial charge in [0.1, 0.15) is 19.0 Å². The number of rotatable bonds is 6. The molecule has 2 bridgehead atoms. The van der Waals surface area contributed by atoms with Gasteiger partial charge in [0.05, 0.1) is 18.3 Å². The second kappa shape index (κ2) is 7.58. The van der Waals surface area contributed by atoms with E-state index in [1.807, 2.05) is 0 Å². The maximum atomic E-state index is 13.5. The van der Waals surface area contributed by atoms with Gasteiger partial charge in [-0.25, -0.2) is 18.2 Å². The molecule has 4 N–H and O–H groups in total. The van der Waals surface area contributed by atoms with E-state index in [1.165, 1.54) is 0 Å². The van der Waals surface area contributed by atoms with Crippen molar-refractivity contribution in [2.24, 2.45) is 0 Å². The molecule has 30 heavy (non-hydrogen) atoms. The van der Waals surface area contributed by atoms with Gasteiger partial charge in [0.15, 0.2) is 6.17 Å². The predicted molar refractivity (Wildman–Crippen MR) is 104 cm³/mol. The third-order valence-electron chi connectivity index (χ3n) is 7.50. The molecule has 1 amide bonds. The van der Waals surface area contributed by atoms with Crippen molar-refractivity contribution in [1.29, 1.82) is 0 Å². The number of carbonyl (C=O) groups excluding carboxylic acids is 1. The van der Waals surface area contributed by atoms with Gasteiger partial charge >= 0.3 is 0 Å². The fraction of sp³-hybridized carbons (Fsp3) is 0.950. The number of fused-ring (bicyclic) bond motifs is 1. The van der Waals surface area contributed by atoms with Crippen LogP contribution in [0.3, 0.4) is 0 Å². The molecule has 0 aromatic carbocycles. The highest BCUT2D eigenvalue weighted by atomic mass is 19.2. The summed E-state index contributed by atoms with van der Waals surface area (Å²) in [5.74, 6) is -0.271. The molecule has 2 saturated heterocycles. The van der Waals surface area contributed by atoms with Crippen LogP contribution in [-0.2, 0) is 9.53 Å². The molecule has 6 rings (SSSR count). The van der Waals surface area contributed by atoms with Crippen molar-refractivity contribution >= 4 is 5.91 Å². The second-order valence-electron chi connectivity index (χ2n) is 10.1. The Morgan fingerprint density at radius 2 is 1.83 bits per heavy atom. The number of piperazine rings is 1. The Hall–Kier alpha value is -0.940. The zero-order valence-electron chi connectivity index (χ0n) is 17.3. The second-order valence-corrected chi connectivity index (χ2v) is 10.1. The molecular weight excluding hydrogens is 399 g/mol. The molecule has 4 aliphatic carbocycles. The summed E-state index contributed by atoms with van der Waals surface area (Å²) in [6.45, 7) is 3.90. The van der Waals surface area contributed by atoms with Gasteiger partial charge < -0.3 is 10.1 Å². The summed E-state index contributed by atoms with van der Waals surface area (Å²) in [4.78, 5) is 12.3. The van der Waals surface area contributed by atoms with E-state index in [-0.39, 0.29) is 42.6 Å². The van der Waals surface area contributed by atoms with Crippen LogP contribution in [0.4, 0.5) is 13.2 Å². The van der Waals surface area contributed by atoms with Gasteiger partial charge in [0.2, 0.25) is 5.91 Å². The normalized spacial score (nSPS) is 50.3. The fourth-order valence-corrected chi connectivity index (χ4v) is 6.24. The Balaban J connectivity index is 1.05. The number of amides is 1. The van der Waals surface area contributed by atoms with E-state index in [0.29, 0.717) is 12.1 Å². The summed E-state index contributed by atoms with van der Waals surface area (Å²) in [7, 11) is 0. The SMILES string of the molecule is CC1CC2C(NC34CC(NC(=O)COC5CC(F)C(F)C(F)C5)(C3)C4)NCCN2N1. The summed E-state index contributed by atoms with van der Waals surface area (Å²) >= 11 is 0. The molecule has 0 radical (unpaired) electrons. The molecule has 7 nitrogen and oxygen atoms in total. The van der Waals surface area contributed by atoms with Gasteiger partial charge in [0.25, 0.3) is 0 Å². The van der Waals surface area contributed by atoms with Crippen molar-refractivity contribution in [2.45, 2.75) is 99.4 Å². The summed E-state index contributed by atoms with van der Waals surface area (Å²) in [5, 5.41) is 12.8. The van der Waals surface area contributed by atoms with Crippen LogP contribution in [0.1, 0.15) is 45.4 Å². The van der Waals surface area contributed by atoms with Crippen LogP contribution in [0.5, 0.6) is 0 Å². The van der Waals surface area contributed by atoms with E-state index < -0.39 is 24.6 Å². The first kappa shape index (κ1) is 20.9. The number of hydrogen-bond donors (Lipinski definition) is 4. The van der Waals surface area contributed by atoms with E-state index in [9.17, 15) is 18.0 Å². The van der Waals surface area contributed by atoms with Gasteiger partial charge in [-0.15, -0.1) is 0 Å². The summed E-state index contributed by atoms with van der Waals surface area (Å²) < 4.78 is 45.5. The van der Waals surface area contributed by atoms with Gasteiger partial charge in [-0.1, -0.05) is 0 Å². The molecule has 6 aliphatic rings. The van der Waals surface area contributed by atoms with Crippen LogP contribution in [0.25, 0.3) is 0 Å². The van der Waals surface area contributed by atoms with E-state index in [4.69, 9.17) is 4.74 Å². The average molecular weight is 432 g/mol. The molecular formula is C20H32F3N5O2. The molecule has 2 aliphatic heterocycles. The number of ether oxygens (including phenoxy) is 1. The number of hydrogen-bond acceptors (Lipinski definition) is 6. The highest BCUT2D eigenvalue weighted by molar-refractivity contribution is 5.79. The van der Waals surface area contributed by atoms with Gasteiger partial charge in [-0.2, -0.15) is 0 Å². The maximum absolute atomic E-state index is 13.5. The minimum Gasteiger partial charge on any atom is -0.368 e. The van der Waals surface area contributed by atoms with Crippen molar-refractivity contribution < 1.29 is 22.7 Å². The lowest BCUT2D eigenvalue weighted by molar-refractivity contribution is -0.152. The molecule has 170 valence electrons. The lowest BCUT2D eigenvalue weighted by Crippen LogP contribution is -2.86. The monoisotopic (exact) mass is 431 g/mol. The zero-order chi connectivity index (χ0) is 21.1. The first-order valence-corrected chi connectivity index (χ1v) is 11.2. The van der Waals surface area contributed by atoms with Gasteiger partial charge in [0, 0.05) is 43.1 Å². The number of nitrogens with zero attached hydrogens (tertiary/aromatic N) is 1. The summed E-state index contributed by atoms with van der Waals surface area (Å²) in [5.41, 5.74) is 3.40. The van der Waals surface area contributed by atoms with E-state index in [2.05, 4.69) is 33.3 Å². The van der Waals surface area contributed by atoms with Crippen molar-refractivity contribution in [3.05, 3.63) is 0 Å². The third-order valence-corrected chi connectivity index (χ3v) is 7.50. The zero-order valence-corrected chi connectivity index (χ0v) is 17.3. The highest BCUT2D eigenvalue weighted by Crippen LogP contribution is 2.60. The Kier molecular flexibility index (Phi) is 5.29. The Morgan fingerprint density at radius 3 is 2.53 bits per heavy atom. The standard InChI is InChI=1S/C20H32F3N5O2/c1-11-4-15-18(24-2-3-28(15)27-11)26-20-8-19(9-20,10-20)25-16(29)7-30-12-5-13(21)17(23)14(22)6-12/h11-15,17-18,24,26-27H,2-10H2,1H3,(H,25,29). The van der Waals surface area contributed by atoms with E-state index in [0.717, 1.165) is 38.8 Å². The predicted octanol–water partition coefficient (Wildman–Crippen LogP) is 0.457. The number of alkyl halides is 3. The summed E-state index contributed by atoms with van der Waals surface area (Å²) in [6, 6.07) is 0.915. The fourth-order valence-electron chi connectivity index (χ4n) is 6.24. The van der Waals surface area contributed by atoms with Gasteiger partial charge in [-0.05, 0) is 32.6 Å². The lowest BCUT2D eigenvalue weighted by atomic mass is 9.44. The molecule has 0 aromatic rings. The first-order valence-electron chi connectivity index (χ1n) is 11.2. The molecule has 6 fully saturated rings. The molecule has 0 spiro atoms. The minimum atomic E-state index is -2.09. The molecule has 0 aromatic heterocycles. The van der Waals surface area contributed by atoms with Crippen LogP contribution in [-0.4, -0.2) is 84.6 Å². The number of halogens is 3. The highest BCUT2D eigenvalue weighted by Gasteiger charge is 2.69. The first-order chi connectivity index (χ1) is 14.3. The quantitative estimate of drug-likeness (QED) is 0.490. The van der Waals surface area contributed by atoms with E-state index in [1.54, 1.807) is 0 Å². The van der Waals surface area contributed by atoms with Crippen molar-refractivity contribution in [3.63, 3.8) is 0 Å². The van der Waals surface area contributed by atoms with Gasteiger partial charge in [-0.3, -0.25) is 20.9 Å². The Bertz CT molecular complexity index is 653. The number of nitrogens with one attached hydrogen (secondary N) is 4. The van der Waals surface area contributed by atoms with Crippen molar-refractivity contribution in [1.82, 2.24) is 26.4 Å². The van der Waals surface area contributed by atoms with Crippen LogP contribution < -0.4 is 21.4 Å². The van der Waals surface area contributed by atoms with E-state index >= 15 is 0 Å². The average Bonchev–Trinajstić information content (AvgIpc) is 3.02. The molecule has 10 heteroatoms. The number of carbonyl (C=O) groups is 1. The minimum absolute atomic E-state index is 0.0725. The third kappa shape index (κ3) is 3.74. The Labute approximate surface area is 174 Å². The number of hydrazine groups is 1. The lowest BCUT2D eigenvalue weighted by Gasteiger charge is -2.71. The molecule has 5 unspecified atom stereocenters. The molecule has 2 heterocycles. The van der Waals surface area contributed by atoms with Crippen LogP contribution >= 0.6 is 0 Å². The van der Waals surface area contributed by atoms with Crippen LogP contribution in [0.2, 0.25) is 0 Å². The van der Waals surface area contributed by atoms with Crippen LogP contribution in [0.15, 0.2) is 0 Å². The summed E-state index contributed by atoms with van der Waals surface area (Å²) in [6.07, 6.45) is -3.00. The molecule has 5 atom stereocenters. The topological polar surface area (TPSA) is 77.7 Å². The smallest absolute Gasteiger partial charge is 0.246 e. The maximum Gasteiger partial charge on any atom is 0.246 e. The largest absolute Gasteiger partial charge is 0.368 e. The van der Waals surface area contributed by atoms with Crippen molar-refractivity contribution in [2.75, 3.05) is 19.7 Å².